The quantitative estimate of drug-likeness (QED) is 0.680. The molecule has 0 aromatic heterocycles. The first kappa shape index (κ1) is 16.6. The molecule has 0 unspecified atom stereocenters. The van der Waals surface area contributed by atoms with Crippen LogP contribution < -0.4 is 4.74 Å². The maximum absolute atomic E-state index is 12.0. The predicted octanol–water partition coefficient (Wildman–Crippen LogP) is 4.90. The smallest absolute Gasteiger partial charge is 0.172 e. The highest BCUT2D eigenvalue weighted by Crippen LogP contribution is 2.17. The summed E-state index contributed by atoms with van der Waals surface area (Å²) in [5.41, 5.74) is 3.12. The summed E-state index contributed by atoms with van der Waals surface area (Å²) in [6, 6.07) is 15.7. The number of ether oxygens (including phenoxy) is 1. The number of hydrogen-bond donors (Lipinski definition) is 0. The molecule has 116 valence electrons. The summed E-state index contributed by atoms with van der Waals surface area (Å²) >= 11 is 1.67. The Balaban J connectivity index is 1.90. The second-order valence-electron chi connectivity index (χ2n) is 5.59. The normalized spacial score (nSPS) is 10.7. The Morgan fingerprint density at radius 3 is 2.50 bits per heavy atom. The second-order valence-corrected chi connectivity index (χ2v) is 7.15. The molecule has 3 heteroatoms. The van der Waals surface area contributed by atoms with Crippen LogP contribution in [0.1, 0.15) is 35.3 Å². The molecule has 22 heavy (non-hydrogen) atoms. The molecule has 0 amide bonds. The molecule has 0 atom stereocenters. The third-order valence-electron chi connectivity index (χ3n) is 3.21. The molecule has 2 aromatic carbocycles. The molecular weight excluding hydrogens is 292 g/mol. The fraction of sp³-hybridized carbons (Fsp3) is 0.316. The molecule has 0 fully saturated rings. The van der Waals surface area contributed by atoms with Gasteiger partial charge >= 0.3 is 0 Å². The Morgan fingerprint density at radius 2 is 1.86 bits per heavy atom. The lowest BCUT2D eigenvalue weighted by Gasteiger charge is -2.08. The van der Waals surface area contributed by atoms with Gasteiger partial charge in [0.2, 0.25) is 0 Å². The van der Waals surface area contributed by atoms with E-state index < -0.39 is 0 Å². The summed E-state index contributed by atoms with van der Waals surface area (Å²) in [7, 11) is 0. The number of thioether (sulfide) groups is 1. The molecule has 0 bridgehead atoms. The van der Waals surface area contributed by atoms with Crippen LogP contribution in [0.5, 0.6) is 5.75 Å². The van der Waals surface area contributed by atoms with Crippen LogP contribution >= 0.6 is 11.8 Å². The number of hydrogen-bond acceptors (Lipinski definition) is 3. The van der Waals surface area contributed by atoms with E-state index >= 15 is 0 Å². The number of Topliss-reactive ketones (excluding diaryl/α,β-unsaturated/α-hetero) is 1. The van der Waals surface area contributed by atoms with Gasteiger partial charge in [0, 0.05) is 5.56 Å². The molecule has 0 N–H and O–H groups in total. The van der Waals surface area contributed by atoms with Gasteiger partial charge in [-0.2, -0.15) is 11.8 Å². The van der Waals surface area contributed by atoms with E-state index in [1.807, 2.05) is 36.4 Å². The first-order valence-electron chi connectivity index (χ1n) is 7.48. The van der Waals surface area contributed by atoms with Gasteiger partial charge < -0.3 is 4.74 Å². The van der Waals surface area contributed by atoms with Gasteiger partial charge in [-0.05, 0) is 42.0 Å². The summed E-state index contributed by atoms with van der Waals surface area (Å²) in [5.74, 6) is 1.49. The minimum Gasteiger partial charge on any atom is -0.489 e. The molecule has 0 heterocycles. The van der Waals surface area contributed by atoms with E-state index in [1.165, 1.54) is 5.56 Å². The number of carbonyl (C=O) groups is 1. The highest BCUT2D eigenvalue weighted by atomic mass is 32.2. The van der Waals surface area contributed by atoms with E-state index in [9.17, 15) is 4.79 Å². The van der Waals surface area contributed by atoms with Crippen molar-refractivity contribution in [3.8, 4) is 5.75 Å². The lowest BCUT2D eigenvalue weighted by Crippen LogP contribution is -2.05. The Morgan fingerprint density at radius 1 is 1.14 bits per heavy atom. The molecule has 0 aliphatic carbocycles. The number of rotatable bonds is 7. The third kappa shape index (κ3) is 5.23. The van der Waals surface area contributed by atoms with Gasteiger partial charge in [-0.15, -0.1) is 0 Å². The first-order chi connectivity index (χ1) is 10.5. The average molecular weight is 314 g/mol. The van der Waals surface area contributed by atoms with Crippen molar-refractivity contribution in [3.05, 3.63) is 65.2 Å². The minimum absolute atomic E-state index is 0.170. The van der Waals surface area contributed by atoms with Crippen molar-refractivity contribution < 1.29 is 9.53 Å². The summed E-state index contributed by atoms with van der Waals surface area (Å²) in [6.07, 6.45) is 0. The zero-order valence-electron chi connectivity index (χ0n) is 13.3. The molecule has 2 aromatic rings. The van der Waals surface area contributed by atoms with Crippen LogP contribution in [-0.2, 0) is 6.61 Å². The summed E-state index contributed by atoms with van der Waals surface area (Å²) < 4.78 is 5.76. The van der Waals surface area contributed by atoms with Crippen LogP contribution in [0.15, 0.2) is 48.5 Å². The number of ketones is 1. The average Bonchev–Trinajstić information content (AvgIpc) is 2.51. The molecule has 2 rings (SSSR count). The Labute approximate surface area is 136 Å². The lowest BCUT2D eigenvalue weighted by atomic mass is 10.1. The Kier molecular flexibility index (Phi) is 6.08. The maximum atomic E-state index is 12.0. The van der Waals surface area contributed by atoms with Crippen LogP contribution in [0.4, 0.5) is 0 Å². The fourth-order valence-electron chi connectivity index (χ4n) is 2.03. The van der Waals surface area contributed by atoms with Gasteiger partial charge in [-0.1, -0.05) is 43.7 Å². The van der Waals surface area contributed by atoms with Crippen molar-refractivity contribution >= 4 is 17.5 Å². The molecule has 0 aliphatic rings. The van der Waals surface area contributed by atoms with Crippen LogP contribution in [0, 0.1) is 6.92 Å². The summed E-state index contributed by atoms with van der Waals surface area (Å²) in [5, 5.41) is 0.473. The van der Waals surface area contributed by atoms with Crippen molar-refractivity contribution in [2.24, 2.45) is 0 Å². The van der Waals surface area contributed by atoms with Crippen molar-refractivity contribution in [1.82, 2.24) is 0 Å². The van der Waals surface area contributed by atoms with Crippen molar-refractivity contribution in [2.75, 3.05) is 5.75 Å². The van der Waals surface area contributed by atoms with Gasteiger partial charge in [-0.3, -0.25) is 4.79 Å². The van der Waals surface area contributed by atoms with E-state index in [1.54, 1.807) is 11.8 Å². The molecule has 0 saturated heterocycles. The largest absolute Gasteiger partial charge is 0.489 e. The zero-order valence-corrected chi connectivity index (χ0v) is 14.2. The Bertz CT molecular complexity index is 618. The lowest BCUT2D eigenvalue weighted by molar-refractivity contribution is 0.102. The van der Waals surface area contributed by atoms with Gasteiger partial charge in [0.25, 0.3) is 0 Å². The summed E-state index contributed by atoms with van der Waals surface area (Å²) in [4.78, 5) is 12.0. The second kappa shape index (κ2) is 8.04. The van der Waals surface area contributed by atoms with Crippen LogP contribution in [-0.4, -0.2) is 16.8 Å². The van der Waals surface area contributed by atoms with Crippen LogP contribution in [0.25, 0.3) is 0 Å². The topological polar surface area (TPSA) is 26.3 Å². The van der Waals surface area contributed by atoms with Crippen molar-refractivity contribution in [3.63, 3.8) is 0 Å². The van der Waals surface area contributed by atoms with E-state index in [2.05, 4.69) is 32.9 Å². The van der Waals surface area contributed by atoms with Gasteiger partial charge in [0.1, 0.15) is 12.4 Å². The van der Waals surface area contributed by atoms with Crippen LogP contribution in [0.2, 0.25) is 0 Å². The summed E-state index contributed by atoms with van der Waals surface area (Å²) in [6.45, 7) is 6.80. The van der Waals surface area contributed by atoms with Gasteiger partial charge in [0.15, 0.2) is 5.78 Å². The first-order valence-corrected chi connectivity index (χ1v) is 8.52. The zero-order chi connectivity index (χ0) is 15.9. The molecule has 0 radical (unpaired) electrons. The van der Waals surface area contributed by atoms with E-state index in [-0.39, 0.29) is 5.78 Å². The standard InChI is InChI=1S/C19H22O2S/c1-14(2)22-13-19(20)17-7-9-18(10-8-17)21-12-16-6-4-5-15(3)11-16/h4-11,14H,12-13H2,1-3H3. The Hall–Kier alpha value is -1.74. The van der Waals surface area contributed by atoms with Gasteiger partial charge in [0.05, 0.1) is 5.75 Å². The van der Waals surface area contributed by atoms with Crippen molar-refractivity contribution in [2.45, 2.75) is 32.6 Å². The molecule has 0 spiro atoms. The van der Waals surface area contributed by atoms with E-state index in [4.69, 9.17) is 4.74 Å². The molecular formula is C19H22O2S. The molecule has 0 saturated carbocycles. The van der Waals surface area contributed by atoms with E-state index in [0.29, 0.717) is 17.6 Å². The number of aryl methyl sites for hydroxylation is 1. The van der Waals surface area contributed by atoms with Crippen molar-refractivity contribution in [1.29, 1.82) is 0 Å². The third-order valence-corrected chi connectivity index (χ3v) is 4.31. The van der Waals surface area contributed by atoms with E-state index in [0.717, 1.165) is 16.9 Å². The minimum atomic E-state index is 0.170. The van der Waals surface area contributed by atoms with Gasteiger partial charge in [-0.25, -0.2) is 0 Å². The highest BCUT2D eigenvalue weighted by Gasteiger charge is 2.07. The number of benzene rings is 2. The monoisotopic (exact) mass is 314 g/mol. The van der Waals surface area contributed by atoms with Crippen LogP contribution in [0.3, 0.4) is 0 Å². The molecule has 0 aliphatic heterocycles. The number of carbonyl (C=O) groups excluding carboxylic acids is 1. The maximum Gasteiger partial charge on any atom is 0.172 e. The fourth-order valence-corrected chi connectivity index (χ4v) is 2.68. The molecule has 2 nitrogen and oxygen atoms in total. The SMILES string of the molecule is Cc1cccc(COc2ccc(C(=O)CSC(C)C)cc2)c1. The highest BCUT2D eigenvalue weighted by molar-refractivity contribution is 8.00. The predicted molar refractivity (Wildman–Crippen MR) is 93.9 cm³/mol.